The number of Topliss-reactive ketones (excluding diaryl/α,β-unsaturated/α-hetero) is 1. The highest BCUT2D eigenvalue weighted by Gasteiger charge is 2.42. The van der Waals surface area contributed by atoms with E-state index in [2.05, 4.69) is 0 Å². The van der Waals surface area contributed by atoms with Crippen molar-refractivity contribution in [3.05, 3.63) is 35.6 Å². The number of β-amino-alcohol motifs (C(OH)–C–C–N with tert-alkyl or cyclic N) is 1. The van der Waals surface area contributed by atoms with Crippen molar-refractivity contribution in [3.63, 3.8) is 0 Å². The maximum absolute atomic E-state index is 12.9. The van der Waals surface area contributed by atoms with Gasteiger partial charge in [-0.15, -0.1) is 0 Å². The molecule has 1 fully saturated rings. The zero-order valence-corrected chi connectivity index (χ0v) is 14.9. The van der Waals surface area contributed by atoms with Crippen LogP contribution in [0, 0.1) is 5.82 Å². The third-order valence-electron chi connectivity index (χ3n) is 3.69. The third-order valence-corrected chi connectivity index (χ3v) is 3.69. The van der Waals surface area contributed by atoms with Gasteiger partial charge in [0.05, 0.1) is 12.6 Å². The molecular weight excluding hydrogens is 345 g/mol. The van der Waals surface area contributed by atoms with Gasteiger partial charge in [-0.25, -0.2) is 14.0 Å². The van der Waals surface area contributed by atoms with E-state index in [0.717, 1.165) is 17.0 Å². The molecule has 1 amide bonds. The van der Waals surface area contributed by atoms with Crippen LogP contribution in [-0.4, -0.2) is 58.8 Å². The quantitative estimate of drug-likeness (QED) is 0.646. The molecule has 1 N–H and O–H groups in total. The summed E-state index contributed by atoms with van der Waals surface area (Å²) in [6.07, 6.45) is -1.61. The summed E-state index contributed by atoms with van der Waals surface area (Å²) in [5, 5.41) is 9.79. The van der Waals surface area contributed by atoms with E-state index in [1.54, 1.807) is 20.8 Å². The Bertz CT molecular complexity index is 682. The second-order valence-electron chi connectivity index (χ2n) is 7.08. The fraction of sp³-hybridized carbons (Fsp3) is 0.500. The van der Waals surface area contributed by atoms with Crippen molar-refractivity contribution in [3.8, 4) is 0 Å². The molecule has 2 atom stereocenters. The number of esters is 1. The van der Waals surface area contributed by atoms with E-state index in [-0.39, 0.29) is 18.5 Å². The number of ether oxygens (including phenoxy) is 2. The Hall–Kier alpha value is -2.48. The third kappa shape index (κ3) is 5.26. The fourth-order valence-corrected chi connectivity index (χ4v) is 2.51. The molecule has 0 aliphatic carbocycles. The lowest BCUT2D eigenvalue weighted by atomic mass is 10.1. The van der Waals surface area contributed by atoms with Crippen LogP contribution in [0.5, 0.6) is 0 Å². The van der Waals surface area contributed by atoms with Crippen molar-refractivity contribution < 1.29 is 33.4 Å². The van der Waals surface area contributed by atoms with Crippen LogP contribution in [0.4, 0.5) is 9.18 Å². The summed E-state index contributed by atoms with van der Waals surface area (Å²) in [6, 6.07) is 3.82. The maximum Gasteiger partial charge on any atom is 0.411 e. The average Bonchev–Trinajstić information content (AvgIpc) is 2.93. The first kappa shape index (κ1) is 19.8. The van der Waals surface area contributed by atoms with Gasteiger partial charge in [0, 0.05) is 12.0 Å². The second kappa shape index (κ2) is 7.82. The number of hydrogen-bond acceptors (Lipinski definition) is 6. The molecule has 26 heavy (non-hydrogen) atoms. The number of aliphatic hydroxyl groups is 1. The zero-order chi connectivity index (χ0) is 19.5. The fourth-order valence-electron chi connectivity index (χ4n) is 2.51. The minimum Gasteiger partial charge on any atom is -0.456 e. The molecule has 1 heterocycles. The van der Waals surface area contributed by atoms with E-state index >= 15 is 0 Å². The molecule has 8 heteroatoms. The Morgan fingerprint density at radius 1 is 1.23 bits per heavy atom. The van der Waals surface area contributed by atoms with Crippen molar-refractivity contribution in [2.75, 3.05) is 13.2 Å². The number of rotatable bonds is 4. The first-order valence-electron chi connectivity index (χ1n) is 8.20. The van der Waals surface area contributed by atoms with Crippen LogP contribution >= 0.6 is 0 Å². The van der Waals surface area contributed by atoms with Crippen LogP contribution in [0.15, 0.2) is 24.3 Å². The smallest absolute Gasteiger partial charge is 0.411 e. The minimum absolute atomic E-state index is 0.00279. The van der Waals surface area contributed by atoms with E-state index in [4.69, 9.17) is 9.47 Å². The van der Waals surface area contributed by atoms with Crippen LogP contribution in [0.25, 0.3) is 0 Å². The van der Waals surface area contributed by atoms with Gasteiger partial charge in [-0.1, -0.05) is 0 Å². The van der Waals surface area contributed by atoms with E-state index in [1.807, 2.05) is 0 Å². The van der Waals surface area contributed by atoms with Gasteiger partial charge in [0.15, 0.2) is 12.4 Å². The molecule has 0 radical (unpaired) electrons. The number of ketones is 1. The van der Waals surface area contributed by atoms with Crippen LogP contribution in [0.3, 0.4) is 0 Å². The summed E-state index contributed by atoms with van der Waals surface area (Å²) < 4.78 is 23.1. The topological polar surface area (TPSA) is 93.1 Å². The Balaban J connectivity index is 1.97. The number of aliphatic hydroxyl groups excluding tert-OH is 1. The summed E-state index contributed by atoms with van der Waals surface area (Å²) in [5.74, 6) is -1.78. The molecular formula is C18H22FNO6. The molecule has 1 saturated heterocycles. The molecule has 0 aromatic heterocycles. The van der Waals surface area contributed by atoms with Crippen LogP contribution in [-0.2, 0) is 14.3 Å². The highest BCUT2D eigenvalue weighted by atomic mass is 19.1. The molecule has 0 spiro atoms. The van der Waals surface area contributed by atoms with Gasteiger partial charge in [-0.3, -0.25) is 9.69 Å². The summed E-state index contributed by atoms with van der Waals surface area (Å²) in [6.45, 7) is 4.46. The maximum atomic E-state index is 12.9. The lowest BCUT2D eigenvalue weighted by Gasteiger charge is -2.27. The van der Waals surface area contributed by atoms with Gasteiger partial charge in [0.25, 0.3) is 0 Å². The summed E-state index contributed by atoms with van der Waals surface area (Å²) in [4.78, 5) is 37.5. The van der Waals surface area contributed by atoms with Gasteiger partial charge in [-0.2, -0.15) is 0 Å². The van der Waals surface area contributed by atoms with Gasteiger partial charge in [-0.05, 0) is 45.0 Å². The van der Waals surface area contributed by atoms with E-state index in [9.17, 15) is 23.9 Å². The largest absolute Gasteiger partial charge is 0.456 e. The Labute approximate surface area is 150 Å². The molecule has 0 unspecified atom stereocenters. The first-order valence-corrected chi connectivity index (χ1v) is 8.20. The number of hydrogen-bond donors (Lipinski definition) is 1. The summed E-state index contributed by atoms with van der Waals surface area (Å²) >= 11 is 0. The predicted octanol–water partition coefficient (Wildman–Crippen LogP) is 1.92. The number of nitrogens with zero attached hydrogens (tertiary/aromatic N) is 1. The SMILES string of the molecule is CC(C)(C)OC(=O)N1C[C@H](O)C[C@H]1C(=O)OCC(=O)c1ccc(F)cc1. The van der Waals surface area contributed by atoms with E-state index in [1.165, 1.54) is 12.1 Å². The Morgan fingerprint density at radius 3 is 2.42 bits per heavy atom. The second-order valence-corrected chi connectivity index (χ2v) is 7.08. The van der Waals surface area contributed by atoms with Gasteiger partial charge < -0.3 is 14.6 Å². The van der Waals surface area contributed by atoms with E-state index < -0.39 is 48.0 Å². The Morgan fingerprint density at radius 2 is 1.85 bits per heavy atom. The monoisotopic (exact) mass is 367 g/mol. The number of benzene rings is 1. The lowest BCUT2D eigenvalue weighted by Crippen LogP contribution is -2.44. The predicted molar refractivity (Wildman–Crippen MR) is 89.0 cm³/mol. The molecule has 1 aliphatic heterocycles. The van der Waals surface area contributed by atoms with Crippen LogP contribution < -0.4 is 0 Å². The number of amides is 1. The van der Waals surface area contributed by atoms with Crippen molar-refractivity contribution in [2.24, 2.45) is 0 Å². The van der Waals surface area contributed by atoms with Gasteiger partial charge >= 0.3 is 12.1 Å². The van der Waals surface area contributed by atoms with Gasteiger partial charge in [0.2, 0.25) is 0 Å². The number of likely N-dealkylation sites (tertiary alicyclic amines) is 1. The standard InChI is InChI=1S/C18H22FNO6/c1-18(2,3)26-17(24)20-9-13(21)8-14(20)16(23)25-10-15(22)11-4-6-12(19)7-5-11/h4-7,13-14,21H,8-10H2,1-3H3/t13-,14+/m1/s1. The van der Waals surface area contributed by atoms with Crippen molar-refractivity contribution >= 4 is 17.8 Å². The first-order chi connectivity index (χ1) is 12.1. The normalized spacial score (nSPS) is 20.0. The lowest BCUT2D eigenvalue weighted by molar-refractivity contribution is -0.147. The number of halogens is 1. The van der Waals surface area contributed by atoms with Crippen LogP contribution in [0.2, 0.25) is 0 Å². The number of carbonyl (C=O) groups is 3. The molecule has 0 saturated carbocycles. The Kier molecular flexibility index (Phi) is 5.97. The molecule has 142 valence electrons. The molecule has 0 bridgehead atoms. The van der Waals surface area contributed by atoms with Crippen molar-refractivity contribution in [1.29, 1.82) is 0 Å². The summed E-state index contributed by atoms with van der Waals surface area (Å²) in [7, 11) is 0. The molecule has 2 rings (SSSR count). The molecule has 1 aliphatic rings. The van der Waals surface area contributed by atoms with Crippen LogP contribution in [0.1, 0.15) is 37.6 Å². The number of carbonyl (C=O) groups excluding carboxylic acids is 3. The average molecular weight is 367 g/mol. The van der Waals surface area contributed by atoms with Gasteiger partial charge in [0.1, 0.15) is 17.5 Å². The van der Waals surface area contributed by atoms with Crippen molar-refractivity contribution in [1.82, 2.24) is 4.90 Å². The zero-order valence-electron chi connectivity index (χ0n) is 14.9. The van der Waals surface area contributed by atoms with Crippen molar-refractivity contribution in [2.45, 2.75) is 44.9 Å². The highest BCUT2D eigenvalue weighted by molar-refractivity contribution is 5.98. The molecule has 1 aromatic rings. The highest BCUT2D eigenvalue weighted by Crippen LogP contribution is 2.22. The molecule has 7 nitrogen and oxygen atoms in total. The summed E-state index contributed by atoms with van der Waals surface area (Å²) in [5.41, 5.74) is -0.549. The minimum atomic E-state index is -1.03. The van der Waals surface area contributed by atoms with E-state index in [0.29, 0.717) is 0 Å². The molecule has 1 aromatic carbocycles.